The van der Waals surface area contributed by atoms with Gasteiger partial charge in [0.2, 0.25) is 5.91 Å². The summed E-state index contributed by atoms with van der Waals surface area (Å²) in [7, 11) is -3.41. The van der Waals surface area contributed by atoms with Crippen LogP contribution in [-0.2, 0) is 14.6 Å². The minimum absolute atomic E-state index is 0.113. The average molecular weight is 312 g/mol. The Balaban J connectivity index is 2.72. The third-order valence-electron chi connectivity index (χ3n) is 3.30. The van der Waals surface area contributed by atoms with Crippen molar-refractivity contribution in [3.05, 3.63) is 30.3 Å². The van der Waals surface area contributed by atoms with E-state index in [1.807, 2.05) is 13.8 Å². The van der Waals surface area contributed by atoms with Crippen molar-refractivity contribution in [2.24, 2.45) is 5.73 Å². The molecule has 118 valence electrons. The maximum atomic E-state index is 12.3. The van der Waals surface area contributed by atoms with Gasteiger partial charge in [-0.3, -0.25) is 4.79 Å². The van der Waals surface area contributed by atoms with Gasteiger partial charge in [-0.2, -0.15) is 0 Å². The fourth-order valence-electron chi connectivity index (χ4n) is 2.00. The van der Waals surface area contributed by atoms with Gasteiger partial charge < -0.3 is 11.1 Å². The molecule has 0 aromatic heterocycles. The number of carbonyl (C=O) groups is 1. The molecular weight excluding hydrogens is 288 g/mol. The Morgan fingerprint density at radius 2 is 1.86 bits per heavy atom. The number of hydrogen-bond acceptors (Lipinski definition) is 4. The minimum atomic E-state index is -3.41. The fourth-order valence-corrected chi connectivity index (χ4v) is 3.61. The van der Waals surface area contributed by atoms with Crippen LogP contribution in [0.2, 0.25) is 0 Å². The fraction of sp³-hybridized carbons (Fsp3) is 0.533. The van der Waals surface area contributed by atoms with Gasteiger partial charge in [0.05, 0.1) is 16.7 Å². The summed E-state index contributed by atoms with van der Waals surface area (Å²) in [5, 5.41) is 2.73. The molecule has 0 radical (unpaired) electrons. The zero-order valence-corrected chi connectivity index (χ0v) is 13.4. The first-order valence-corrected chi connectivity index (χ1v) is 8.89. The molecule has 1 amide bonds. The van der Waals surface area contributed by atoms with Crippen LogP contribution in [0.15, 0.2) is 35.2 Å². The molecule has 3 N–H and O–H groups in total. The van der Waals surface area contributed by atoms with Gasteiger partial charge in [-0.15, -0.1) is 0 Å². The first-order valence-electron chi connectivity index (χ1n) is 7.24. The van der Waals surface area contributed by atoms with Crippen LogP contribution in [0, 0.1) is 0 Å². The highest BCUT2D eigenvalue weighted by molar-refractivity contribution is 7.91. The Labute approximate surface area is 126 Å². The van der Waals surface area contributed by atoms with E-state index in [0.29, 0.717) is 12.8 Å². The first-order chi connectivity index (χ1) is 9.90. The Kier molecular flexibility index (Phi) is 6.84. The summed E-state index contributed by atoms with van der Waals surface area (Å²) < 4.78 is 24.6. The summed E-state index contributed by atoms with van der Waals surface area (Å²) in [5.74, 6) is -0.398. The van der Waals surface area contributed by atoms with Crippen LogP contribution in [0.1, 0.15) is 33.1 Å². The topological polar surface area (TPSA) is 89.3 Å². The Hall–Kier alpha value is -1.40. The molecule has 2 unspecified atom stereocenters. The van der Waals surface area contributed by atoms with E-state index in [1.165, 1.54) is 0 Å². The van der Waals surface area contributed by atoms with Gasteiger partial charge in [-0.25, -0.2) is 8.42 Å². The molecule has 0 saturated carbocycles. The summed E-state index contributed by atoms with van der Waals surface area (Å²) in [6, 6.07) is 7.25. The number of benzene rings is 1. The Morgan fingerprint density at radius 3 is 2.38 bits per heavy atom. The lowest BCUT2D eigenvalue weighted by Gasteiger charge is -2.19. The number of hydrogen-bond donors (Lipinski definition) is 2. The van der Waals surface area contributed by atoms with Gasteiger partial charge in [-0.05, 0) is 25.0 Å². The van der Waals surface area contributed by atoms with Gasteiger partial charge in [0.15, 0.2) is 9.84 Å². The summed E-state index contributed by atoms with van der Waals surface area (Å²) >= 11 is 0. The number of amides is 1. The van der Waals surface area contributed by atoms with Crippen LogP contribution < -0.4 is 11.1 Å². The van der Waals surface area contributed by atoms with Crippen molar-refractivity contribution < 1.29 is 13.2 Å². The van der Waals surface area contributed by atoms with E-state index in [-0.39, 0.29) is 16.6 Å². The van der Waals surface area contributed by atoms with Crippen molar-refractivity contribution in [3.63, 3.8) is 0 Å². The maximum Gasteiger partial charge on any atom is 0.237 e. The molecule has 0 spiro atoms. The van der Waals surface area contributed by atoms with E-state index in [9.17, 15) is 13.2 Å². The lowest BCUT2D eigenvalue weighted by molar-refractivity contribution is -0.123. The van der Waals surface area contributed by atoms with Crippen molar-refractivity contribution in [1.29, 1.82) is 0 Å². The van der Waals surface area contributed by atoms with E-state index < -0.39 is 21.9 Å². The first kappa shape index (κ1) is 17.7. The smallest absolute Gasteiger partial charge is 0.237 e. The highest BCUT2D eigenvalue weighted by atomic mass is 32.2. The molecule has 0 fully saturated rings. The third-order valence-corrected chi connectivity index (χ3v) is 5.13. The molecule has 0 bridgehead atoms. The molecule has 5 nitrogen and oxygen atoms in total. The molecule has 21 heavy (non-hydrogen) atoms. The Bertz CT molecular complexity index is 543. The van der Waals surface area contributed by atoms with Crippen molar-refractivity contribution >= 4 is 15.7 Å². The van der Waals surface area contributed by atoms with Crippen molar-refractivity contribution in [2.45, 2.75) is 50.1 Å². The van der Waals surface area contributed by atoms with Gasteiger partial charge in [0, 0.05) is 6.04 Å². The number of nitrogens with one attached hydrogen (secondary N) is 1. The van der Waals surface area contributed by atoms with Crippen LogP contribution in [0.25, 0.3) is 0 Å². The van der Waals surface area contributed by atoms with Crippen LogP contribution in [0.5, 0.6) is 0 Å². The molecule has 0 aliphatic carbocycles. The van der Waals surface area contributed by atoms with E-state index in [2.05, 4.69) is 5.32 Å². The monoisotopic (exact) mass is 312 g/mol. The van der Waals surface area contributed by atoms with Gasteiger partial charge in [0.1, 0.15) is 0 Å². The van der Waals surface area contributed by atoms with E-state index >= 15 is 0 Å². The zero-order valence-electron chi connectivity index (χ0n) is 12.6. The number of rotatable bonds is 8. The number of nitrogens with two attached hydrogens (primary N) is 1. The second kappa shape index (κ2) is 8.14. The lowest BCUT2D eigenvalue weighted by Crippen LogP contribution is -2.47. The van der Waals surface area contributed by atoms with E-state index in [0.717, 1.165) is 6.42 Å². The molecule has 2 atom stereocenters. The molecule has 0 aliphatic rings. The quantitative estimate of drug-likeness (QED) is 0.761. The highest BCUT2D eigenvalue weighted by Crippen LogP contribution is 2.12. The predicted octanol–water partition coefficient (Wildman–Crippen LogP) is 1.48. The van der Waals surface area contributed by atoms with E-state index in [1.54, 1.807) is 30.3 Å². The van der Waals surface area contributed by atoms with Crippen LogP contribution in [0.4, 0.5) is 0 Å². The van der Waals surface area contributed by atoms with E-state index in [4.69, 9.17) is 5.73 Å². The molecule has 6 heteroatoms. The normalized spacial score (nSPS) is 14.4. The van der Waals surface area contributed by atoms with Crippen LogP contribution >= 0.6 is 0 Å². The maximum absolute atomic E-state index is 12.3. The molecule has 1 rings (SSSR count). The van der Waals surface area contributed by atoms with Gasteiger partial charge in [0.25, 0.3) is 0 Å². The second-order valence-corrected chi connectivity index (χ2v) is 7.14. The Morgan fingerprint density at radius 1 is 1.24 bits per heavy atom. The average Bonchev–Trinajstić information content (AvgIpc) is 2.47. The van der Waals surface area contributed by atoms with Gasteiger partial charge in [-0.1, -0.05) is 38.5 Å². The minimum Gasteiger partial charge on any atom is -0.351 e. The van der Waals surface area contributed by atoms with Crippen molar-refractivity contribution in [1.82, 2.24) is 5.32 Å². The van der Waals surface area contributed by atoms with Crippen molar-refractivity contribution in [2.75, 3.05) is 5.75 Å². The second-order valence-electron chi connectivity index (χ2n) is 5.10. The molecule has 0 heterocycles. The number of sulfone groups is 1. The third kappa shape index (κ3) is 5.47. The van der Waals surface area contributed by atoms with Crippen LogP contribution in [-0.4, -0.2) is 32.2 Å². The molecule has 0 saturated heterocycles. The highest BCUT2D eigenvalue weighted by Gasteiger charge is 2.23. The summed E-state index contributed by atoms with van der Waals surface area (Å²) in [5.41, 5.74) is 5.74. The standard InChI is InChI=1S/C15H24N2O3S/c1-3-8-14(16)15(18)17-12(4-2)11-21(19,20)13-9-6-5-7-10-13/h5-7,9-10,12,14H,3-4,8,11,16H2,1-2H3,(H,17,18). The van der Waals surface area contributed by atoms with Crippen LogP contribution in [0.3, 0.4) is 0 Å². The zero-order chi connectivity index (χ0) is 15.9. The lowest BCUT2D eigenvalue weighted by atomic mass is 10.1. The summed E-state index contributed by atoms with van der Waals surface area (Å²) in [6.07, 6.45) is 1.94. The molecule has 1 aromatic rings. The predicted molar refractivity (Wildman–Crippen MR) is 83.6 cm³/mol. The molecular formula is C15H24N2O3S. The van der Waals surface area contributed by atoms with Gasteiger partial charge >= 0.3 is 0 Å². The van der Waals surface area contributed by atoms with Crippen molar-refractivity contribution in [3.8, 4) is 0 Å². The molecule has 0 aliphatic heterocycles. The largest absolute Gasteiger partial charge is 0.351 e. The summed E-state index contributed by atoms with van der Waals surface area (Å²) in [4.78, 5) is 12.2. The SMILES string of the molecule is CCCC(N)C(=O)NC(CC)CS(=O)(=O)c1ccccc1. The summed E-state index contributed by atoms with van der Waals surface area (Å²) in [6.45, 7) is 3.79. The molecule has 1 aromatic carbocycles. The number of carbonyl (C=O) groups excluding carboxylic acids is 1.